The maximum absolute atomic E-state index is 13.0. The fourth-order valence-electron chi connectivity index (χ4n) is 3.49. The number of esters is 1. The minimum absolute atomic E-state index is 0.113. The van der Waals surface area contributed by atoms with Crippen LogP contribution in [-0.4, -0.2) is 56.9 Å². The Hall–Kier alpha value is -4.10. The molecule has 3 rings (SSSR count). The smallest absolute Gasteiger partial charge is 0.355 e. The van der Waals surface area contributed by atoms with Crippen LogP contribution in [0.25, 0.3) is 0 Å². The first-order chi connectivity index (χ1) is 17.6. The van der Waals surface area contributed by atoms with E-state index in [1.807, 2.05) is 0 Å². The number of carbonyl (C=O) groups excluding carboxylic acids is 3. The molecule has 0 spiro atoms. The molecule has 0 radical (unpaired) electrons. The molecule has 1 unspecified atom stereocenters. The number of ether oxygens (including phenoxy) is 2. The Bertz CT molecular complexity index is 1230. The quantitative estimate of drug-likeness (QED) is 0.151. The van der Waals surface area contributed by atoms with Gasteiger partial charge in [0.2, 0.25) is 0 Å². The van der Waals surface area contributed by atoms with Gasteiger partial charge in [0.15, 0.2) is 23.1 Å². The van der Waals surface area contributed by atoms with E-state index in [0.29, 0.717) is 16.9 Å². The summed E-state index contributed by atoms with van der Waals surface area (Å²) in [5.74, 6) is -1.72. The normalized spacial score (nSPS) is 17.3. The van der Waals surface area contributed by atoms with Crippen LogP contribution in [-0.2, 0) is 41.0 Å². The van der Waals surface area contributed by atoms with E-state index >= 15 is 0 Å². The zero-order chi connectivity index (χ0) is 27.1. The number of nitrogens with one attached hydrogen (secondary N) is 1. The lowest BCUT2D eigenvalue weighted by molar-refractivity contribution is -0.384. The van der Waals surface area contributed by atoms with Crippen molar-refractivity contribution >= 4 is 34.6 Å². The predicted molar refractivity (Wildman–Crippen MR) is 131 cm³/mol. The molecule has 12 nitrogen and oxygen atoms in total. The van der Waals surface area contributed by atoms with Crippen molar-refractivity contribution in [3.63, 3.8) is 0 Å². The summed E-state index contributed by atoms with van der Waals surface area (Å²) in [4.78, 5) is 49.6. The molecule has 2 amide bonds. The monoisotopic (exact) mass is 531 g/mol. The highest BCUT2D eigenvalue weighted by Gasteiger charge is 2.55. The van der Waals surface area contributed by atoms with Crippen molar-refractivity contribution in [1.29, 1.82) is 0 Å². The highest BCUT2D eigenvalue weighted by molar-refractivity contribution is 7.81. The second-order valence-electron chi connectivity index (χ2n) is 8.02. The van der Waals surface area contributed by atoms with Crippen LogP contribution in [0.3, 0.4) is 0 Å². The Kier molecular flexibility index (Phi) is 9.09. The molecular weight excluding hydrogens is 506 g/mol. The molecule has 1 aliphatic heterocycles. The van der Waals surface area contributed by atoms with Gasteiger partial charge in [-0.1, -0.05) is 18.2 Å². The van der Waals surface area contributed by atoms with Gasteiger partial charge in [-0.25, -0.2) is 9.00 Å². The molecule has 2 aromatic carbocycles. The largest absolute Gasteiger partial charge is 0.484 e. The van der Waals surface area contributed by atoms with Crippen LogP contribution in [0.4, 0.5) is 5.69 Å². The third-order valence-electron chi connectivity index (χ3n) is 5.26. The summed E-state index contributed by atoms with van der Waals surface area (Å²) in [6.45, 7) is 2.54. The van der Waals surface area contributed by atoms with Crippen molar-refractivity contribution in [2.75, 3.05) is 13.7 Å². The molecule has 0 saturated carbocycles. The average Bonchev–Trinajstić information content (AvgIpc) is 2.89. The van der Waals surface area contributed by atoms with Crippen LogP contribution in [0.15, 0.2) is 65.9 Å². The van der Waals surface area contributed by atoms with E-state index in [9.17, 15) is 28.7 Å². The number of allylic oxidation sites excluding steroid dienone is 1. The highest BCUT2D eigenvalue weighted by Crippen LogP contribution is 2.31. The first-order valence-electron chi connectivity index (χ1n) is 11.0. The van der Waals surface area contributed by atoms with Gasteiger partial charge in [-0.05, 0) is 49.2 Å². The summed E-state index contributed by atoms with van der Waals surface area (Å²) < 4.78 is 28.2. The number of β-lactam (4-membered cyclic amide) rings is 1. The van der Waals surface area contributed by atoms with Gasteiger partial charge < -0.3 is 14.8 Å². The average molecular weight is 532 g/mol. The Morgan fingerprint density at radius 2 is 1.76 bits per heavy atom. The Morgan fingerprint density at radius 3 is 2.32 bits per heavy atom. The molecule has 196 valence electrons. The first-order valence-corrected chi connectivity index (χ1v) is 12.1. The Morgan fingerprint density at radius 1 is 1.11 bits per heavy atom. The lowest BCUT2D eigenvalue weighted by atomic mass is 10.0. The van der Waals surface area contributed by atoms with Gasteiger partial charge in [0.25, 0.3) is 17.5 Å². The standard InChI is InChI=1S/C24H25N3O9S/c1-15(2)21(24(30)36-13-16-9-11-17(12-10-16)27(31)32)26-22(29)20(23(26)37(33)34-3)25-19(28)14-35-18-7-5-4-6-8-18/h4-12,20,23H,13-14H2,1-3H3,(H,25,28)/t20-,23-,37?/m1/s1. The SMILES string of the molecule is COS(=O)[C@@H]1[C@H](NC(=O)COc2ccccc2)C(=O)N1C(C(=O)OCc1ccc([N+](=O)[O-])cc1)=C(C)C. The number of hydrogen-bond acceptors (Lipinski definition) is 9. The Balaban J connectivity index is 1.69. The van der Waals surface area contributed by atoms with Gasteiger partial charge in [-0.15, -0.1) is 0 Å². The van der Waals surface area contributed by atoms with Crippen molar-refractivity contribution in [2.45, 2.75) is 31.9 Å². The molecule has 1 aliphatic rings. The van der Waals surface area contributed by atoms with Crippen molar-refractivity contribution in [3.05, 3.63) is 81.5 Å². The number of carbonyl (C=O) groups is 3. The van der Waals surface area contributed by atoms with Crippen LogP contribution >= 0.6 is 0 Å². The number of para-hydroxylation sites is 1. The molecule has 0 aliphatic carbocycles. The van der Waals surface area contributed by atoms with E-state index in [0.717, 1.165) is 4.90 Å². The molecule has 1 saturated heterocycles. The van der Waals surface area contributed by atoms with Gasteiger partial charge >= 0.3 is 5.97 Å². The molecular formula is C24H25N3O9S. The third-order valence-corrected chi connectivity index (χ3v) is 6.47. The first kappa shape index (κ1) is 27.5. The number of nitro benzene ring substituents is 1. The van der Waals surface area contributed by atoms with E-state index in [-0.39, 0.29) is 24.6 Å². The molecule has 1 fully saturated rings. The van der Waals surface area contributed by atoms with E-state index in [1.165, 1.54) is 31.4 Å². The van der Waals surface area contributed by atoms with E-state index in [4.69, 9.17) is 13.7 Å². The molecule has 13 heteroatoms. The minimum atomic E-state index is -2.08. The van der Waals surface area contributed by atoms with Gasteiger partial charge in [0.1, 0.15) is 24.1 Å². The van der Waals surface area contributed by atoms with Crippen molar-refractivity contribution < 1.29 is 37.2 Å². The summed E-state index contributed by atoms with van der Waals surface area (Å²) in [5, 5.41) is 12.1. The van der Waals surface area contributed by atoms with Gasteiger partial charge in [-0.3, -0.25) is 28.8 Å². The number of amides is 2. The van der Waals surface area contributed by atoms with Crippen LogP contribution in [0, 0.1) is 10.1 Å². The maximum Gasteiger partial charge on any atom is 0.355 e. The summed E-state index contributed by atoms with van der Waals surface area (Å²) in [6.07, 6.45) is 0. The summed E-state index contributed by atoms with van der Waals surface area (Å²) in [5.41, 5.74) is 0.631. The lowest BCUT2D eigenvalue weighted by Gasteiger charge is -2.45. The van der Waals surface area contributed by atoms with E-state index < -0.39 is 45.2 Å². The summed E-state index contributed by atoms with van der Waals surface area (Å²) in [6, 6.07) is 12.8. The number of hydrogen-bond donors (Lipinski definition) is 1. The highest BCUT2D eigenvalue weighted by atomic mass is 32.2. The molecule has 1 N–H and O–H groups in total. The molecule has 37 heavy (non-hydrogen) atoms. The van der Waals surface area contributed by atoms with Gasteiger partial charge in [0.05, 0.1) is 12.0 Å². The van der Waals surface area contributed by atoms with Crippen molar-refractivity contribution in [2.24, 2.45) is 0 Å². The zero-order valence-electron chi connectivity index (χ0n) is 20.2. The van der Waals surface area contributed by atoms with E-state index in [2.05, 4.69) is 5.32 Å². The van der Waals surface area contributed by atoms with E-state index in [1.54, 1.807) is 44.2 Å². The van der Waals surface area contributed by atoms with Crippen LogP contribution in [0.2, 0.25) is 0 Å². The van der Waals surface area contributed by atoms with Crippen LogP contribution in [0.5, 0.6) is 5.75 Å². The molecule has 1 heterocycles. The third kappa shape index (κ3) is 6.57. The number of non-ortho nitro benzene ring substituents is 1. The number of benzene rings is 2. The summed E-state index contributed by atoms with van der Waals surface area (Å²) in [7, 11) is 1.17. The summed E-state index contributed by atoms with van der Waals surface area (Å²) >= 11 is -2.08. The molecule has 0 aromatic heterocycles. The van der Waals surface area contributed by atoms with Crippen molar-refractivity contribution in [3.8, 4) is 5.75 Å². The molecule has 3 atom stereocenters. The van der Waals surface area contributed by atoms with Crippen LogP contribution in [0.1, 0.15) is 19.4 Å². The minimum Gasteiger partial charge on any atom is -0.484 e. The second-order valence-corrected chi connectivity index (χ2v) is 9.36. The fraction of sp³-hybridized carbons (Fsp3) is 0.292. The lowest BCUT2D eigenvalue weighted by Crippen LogP contribution is -2.72. The maximum atomic E-state index is 13.0. The second kappa shape index (κ2) is 12.2. The number of nitro groups is 1. The molecule has 2 aromatic rings. The zero-order valence-corrected chi connectivity index (χ0v) is 21.1. The Labute approximate surface area is 215 Å². The van der Waals surface area contributed by atoms with Crippen molar-refractivity contribution in [1.82, 2.24) is 10.2 Å². The van der Waals surface area contributed by atoms with Gasteiger partial charge in [-0.2, -0.15) is 0 Å². The number of likely N-dealkylation sites (tertiary alicyclic amines) is 1. The van der Waals surface area contributed by atoms with Crippen LogP contribution < -0.4 is 10.1 Å². The van der Waals surface area contributed by atoms with Gasteiger partial charge in [0, 0.05) is 12.1 Å². The number of rotatable bonds is 11. The fourth-order valence-corrected chi connectivity index (χ4v) is 4.47. The topological polar surface area (TPSA) is 154 Å². The number of nitrogens with zero attached hydrogens (tertiary/aromatic N) is 2. The molecule has 0 bridgehead atoms. The predicted octanol–water partition coefficient (Wildman–Crippen LogP) is 1.97.